The second kappa shape index (κ2) is 3.50. The topological polar surface area (TPSA) is 21.1 Å². The van der Waals surface area contributed by atoms with Gasteiger partial charge in [0.1, 0.15) is 5.82 Å². The lowest BCUT2D eigenvalue weighted by atomic mass is 10.0. The first-order valence-electron chi connectivity index (χ1n) is 4.90. The number of likely N-dealkylation sites (tertiary alicyclic amines) is 1. The van der Waals surface area contributed by atoms with Crippen molar-refractivity contribution in [3.05, 3.63) is 18.2 Å². The van der Waals surface area contributed by atoms with Gasteiger partial charge in [-0.1, -0.05) is 0 Å². The van der Waals surface area contributed by atoms with Crippen LogP contribution >= 0.6 is 0 Å². The summed E-state index contributed by atoms with van der Waals surface area (Å²) < 4.78 is 2.12. The molecule has 1 aliphatic heterocycles. The van der Waals surface area contributed by atoms with E-state index in [1.165, 1.54) is 25.3 Å². The van der Waals surface area contributed by atoms with Crippen molar-refractivity contribution >= 4 is 0 Å². The second-order valence-corrected chi connectivity index (χ2v) is 4.08. The molecule has 2 heterocycles. The lowest BCUT2D eigenvalue weighted by molar-refractivity contribution is 0.392. The predicted molar refractivity (Wildman–Crippen MR) is 52.5 cm³/mol. The molecule has 0 spiro atoms. The van der Waals surface area contributed by atoms with Crippen molar-refractivity contribution in [1.29, 1.82) is 0 Å². The maximum absolute atomic E-state index is 4.35. The minimum absolute atomic E-state index is 0.811. The highest BCUT2D eigenvalue weighted by Gasteiger charge is 2.20. The molecule has 0 amide bonds. The van der Waals surface area contributed by atoms with Gasteiger partial charge in [-0.25, -0.2) is 4.98 Å². The molecule has 1 aromatic heterocycles. The minimum atomic E-state index is 0.811. The molecule has 3 nitrogen and oxygen atoms in total. The molecule has 0 saturated carbocycles. The van der Waals surface area contributed by atoms with Crippen molar-refractivity contribution in [2.24, 2.45) is 13.0 Å². The molecule has 0 radical (unpaired) electrons. The van der Waals surface area contributed by atoms with E-state index in [0.29, 0.717) is 0 Å². The third kappa shape index (κ3) is 1.91. The molecule has 2 rings (SSSR count). The fourth-order valence-electron chi connectivity index (χ4n) is 2.04. The number of rotatable bonds is 2. The average Bonchev–Trinajstić information content (AvgIpc) is 2.64. The highest BCUT2D eigenvalue weighted by Crippen LogP contribution is 2.18. The van der Waals surface area contributed by atoms with E-state index in [-0.39, 0.29) is 0 Å². The molecule has 0 N–H and O–H groups in total. The minimum Gasteiger partial charge on any atom is -0.338 e. The largest absolute Gasteiger partial charge is 0.338 e. The molecular formula is C10H17N3. The van der Waals surface area contributed by atoms with Gasteiger partial charge in [-0.2, -0.15) is 0 Å². The van der Waals surface area contributed by atoms with E-state index in [9.17, 15) is 0 Å². The molecule has 1 saturated heterocycles. The Morgan fingerprint density at radius 2 is 2.38 bits per heavy atom. The van der Waals surface area contributed by atoms with Crippen molar-refractivity contribution in [1.82, 2.24) is 14.5 Å². The Bertz CT molecular complexity index is 279. The summed E-state index contributed by atoms with van der Waals surface area (Å²) >= 11 is 0. The van der Waals surface area contributed by atoms with Crippen molar-refractivity contribution in [3.8, 4) is 0 Å². The average molecular weight is 179 g/mol. The van der Waals surface area contributed by atoms with Gasteiger partial charge in [0.05, 0.1) is 0 Å². The van der Waals surface area contributed by atoms with E-state index < -0.39 is 0 Å². The van der Waals surface area contributed by atoms with Gasteiger partial charge >= 0.3 is 0 Å². The highest BCUT2D eigenvalue weighted by molar-refractivity contribution is 4.94. The van der Waals surface area contributed by atoms with Crippen LogP contribution in [-0.4, -0.2) is 34.6 Å². The quantitative estimate of drug-likeness (QED) is 0.673. The van der Waals surface area contributed by atoms with Crippen molar-refractivity contribution < 1.29 is 0 Å². The van der Waals surface area contributed by atoms with Crippen molar-refractivity contribution in [3.63, 3.8) is 0 Å². The van der Waals surface area contributed by atoms with E-state index in [1.54, 1.807) is 0 Å². The van der Waals surface area contributed by atoms with Gasteiger partial charge < -0.3 is 9.47 Å². The standard InChI is InChI=1S/C10H17N3/c1-12-5-3-9(8-12)7-10-11-4-6-13(10)2/h4,6,9H,3,5,7-8H2,1-2H3. The fraction of sp³-hybridized carbons (Fsp3) is 0.700. The molecular weight excluding hydrogens is 162 g/mol. The van der Waals surface area contributed by atoms with Gasteiger partial charge in [-0.05, 0) is 25.9 Å². The Labute approximate surface area is 79.4 Å². The van der Waals surface area contributed by atoms with E-state index in [4.69, 9.17) is 0 Å². The zero-order valence-corrected chi connectivity index (χ0v) is 8.40. The lowest BCUT2D eigenvalue weighted by Gasteiger charge is -2.09. The van der Waals surface area contributed by atoms with Crippen LogP contribution in [0, 0.1) is 5.92 Å². The zero-order chi connectivity index (χ0) is 9.26. The molecule has 1 aliphatic rings. The molecule has 1 aromatic rings. The summed E-state index contributed by atoms with van der Waals surface area (Å²) in [5, 5.41) is 0. The maximum atomic E-state index is 4.35. The molecule has 1 atom stereocenters. The van der Waals surface area contributed by atoms with Crippen molar-refractivity contribution in [2.45, 2.75) is 12.8 Å². The summed E-state index contributed by atoms with van der Waals surface area (Å²) in [6.07, 6.45) is 6.36. The summed E-state index contributed by atoms with van der Waals surface area (Å²) in [5.41, 5.74) is 0. The van der Waals surface area contributed by atoms with Crippen LogP contribution in [0.4, 0.5) is 0 Å². The third-order valence-corrected chi connectivity index (χ3v) is 2.88. The van der Waals surface area contributed by atoms with Crippen molar-refractivity contribution in [2.75, 3.05) is 20.1 Å². The SMILES string of the molecule is CN1CCC(Cc2nccn2C)C1. The molecule has 1 unspecified atom stereocenters. The first-order chi connectivity index (χ1) is 6.25. The molecule has 3 heteroatoms. The number of imidazole rings is 1. The maximum Gasteiger partial charge on any atom is 0.108 e. The molecule has 1 fully saturated rings. The predicted octanol–water partition coefficient (Wildman–Crippen LogP) is 0.914. The monoisotopic (exact) mass is 179 g/mol. The van der Waals surface area contributed by atoms with Gasteiger partial charge in [0.25, 0.3) is 0 Å². The lowest BCUT2D eigenvalue weighted by Crippen LogP contribution is -2.16. The first kappa shape index (κ1) is 8.75. The Balaban J connectivity index is 1.95. The Morgan fingerprint density at radius 3 is 2.92 bits per heavy atom. The Hall–Kier alpha value is -0.830. The Kier molecular flexibility index (Phi) is 2.36. The molecule has 0 aliphatic carbocycles. The zero-order valence-electron chi connectivity index (χ0n) is 8.40. The van der Waals surface area contributed by atoms with Crippen LogP contribution in [0.1, 0.15) is 12.2 Å². The molecule has 0 aromatic carbocycles. The third-order valence-electron chi connectivity index (χ3n) is 2.88. The smallest absolute Gasteiger partial charge is 0.108 e. The second-order valence-electron chi connectivity index (χ2n) is 4.08. The van der Waals surface area contributed by atoms with E-state index in [0.717, 1.165) is 12.3 Å². The van der Waals surface area contributed by atoms with Crippen LogP contribution in [0.3, 0.4) is 0 Å². The van der Waals surface area contributed by atoms with Crippen LogP contribution in [0.15, 0.2) is 12.4 Å². The van der Waals surface area contributed by atoms with Crippen LogP contribution in [0.2, 0.25) is 0 Å². The molecule has 13 heavy (non-hydrogen) atoms. The Morgan fingerprint density at radius 1 is 1.54 bits per heavy atom. The first-order valence-corrected chi connectivity index (χ1v) is 4.90. The van der Waals surface area contributed by atoms with E-state index in [2.05, 4.69) is 28.5 Å². The van der Waals surface area contributed by atoms with Gasteiger partial charge in [0.15, 0.2) is 0 Å². The number of nitrogens with zero attached hydrogens (tertiary/aromatic N) is 3. The summed E-state index contributed by atoms with van der Waals surface area (Å²) in [5.74, 6) is 2.03. The fourth-order valence-corrected chi connectivity index (χ4v) is 2.04. The summed E-state index contributed by atoms with van der Waals surface area (Å²) in [6, 6.07) is 0. The van der Waals surface area contributed by atoms with E-state index in [1.807, 2.05) is 12.4 Å². The highest BCUT2D eigenvalue weighted by atomic mass is 15.1. The summed E-state index contributed by atoms with van der Waals surface area (Å²) in [4.78, 5) is 6.75. The van der Waals surface area contributed by atoms with E-state index >= 15 is 0 Å². The molecule has 72 valence electrons. The number of hydrogen-bond donors (Lipinski definition) is 0. The summed E-state index contributed by atoms with van der Waals surface area (Å²) in [7, 11) is 4.26. The number of aryl methyl sites for hydroxylation is 1. The molecule has 0 bridgehead atoms. The van der Waals surface area contributed by atoms with Crippen LogP contribution in [0.5, 0.6) is 0 Å². The van der Waals surface area contributed by atoms with Crippen LogP contribution in [0.25, 0.3) is 0 Å². The van der Waals surface area contributed by atoms with Crippen LogP contribution < -0.4 is 0 Å². The van der Waals surface area contributed by atoms with Crippen LogP contribution in [-0.2, 0) is 13.5 Å². The van der Waals surface area contributed by atoms with Gasteiger partial charge in [-0.15, -0.1) is 0 Å². The van der Waals surface area contributed by atoms with Gasteiger partial charge in [0, 0.05) is 32.4 Å². The number of aromatic nitrogens is 2. The normalized spacial score (nSPS) is 24.0. The number of hydrogen-bond acceptors (Lipinski definition) is 2. The summed E-state index contributed by atoms with van der Waals surface area (Å²) in [6.45, 7) is 2.47. The van der Waals surface area contributed by atoms with Gasteiger partial charge in [0.2, 0.25) is 0 Å². The van der Waals surface area contributed by atoms with Gasteiger partial charge in [-0.3, -0.25) is 0 Å².